The molecule has 10 heteroatoms. The summed E-state index contributed by atoms with van der Waals surface area (Å²) < 4.78 is 17.8. The van der Waals surface area contributed by atoms with Gasteiger partial charge in [0.15, 0.2) is 11.5 Å². The molecule has 33 heavy (non-hydrogen) atoms. The molecule has 1 aliphatic rings. The van der Waals surface area contributed by atoms with E-state index in [9.17, 15) is 4.79 Å². The SMILES string of the molecule is COc1ccc(NC(=O)C2=C(C)Nc3nc(SC)nn3C2c2ccc(OC)c(OC)c2)cc1. The van der Waals surface area contributed by atoms with Gasteiger partial charge in [0.05, 0.1) is 26.9 Å². The highest BCUT2D eigenvalue weighted by molar-refractivity contribution is 7.98. The summed E-state index contributed by atoms with van der Waals surface area (Å²) in [5.41, 5.74) is 2.67. The zero-order valence-corrected chi connectivity index (χ0v) is 19.8. The van der Waals surface area contributed by atoms with Crippen LogP contribution in [0.5, 0.6) is 17.2 Å². The first kappa shape index (κ1) is 22.5. The maximum Gasteiger partial charge on any atom is 0.255 e. The van der Waals surface area contributed by atoms with Gasteiger partial charge in [-0.3, -0.25) is 4.79 Å². The van der Waals surface area contributed by atoms with E-state index in [1.54, 1.807) is 50.3 Å². The number of hydrogen-bond donors (Lipinski definition) is 2. The molecule has 1 amide bonds. The predicted molar refractivity (Wildman–Crippen MR) is 127 cm³/mol. The van der Waals surface area contributed by atoms with Crippen molar-refractivity contribution in [1.82, 2.24) is 14.8 Å². The highest BCUT2D eigenvalue weighted by atomic mass is 32.2. The number of nitrogens with zero attached hydrogens (tertiary/aromatic N) is 3. The zero-order chi connectivity index (χ0) is 23.5. The molecule has 2 heterocycles. The first-order chi connectivity index (χ1) is 16.0. The van der Waals surface area contributed by atoms with E-state index in [2.05, 4.69) is 20.7 Å². The van der Waals surface area contributed by atoms with Crippen molar-refractivity contribution in [3.05, 3.63) is 59.3 Å². The van der Waals surface area contributed by atoms with Crippen molar-refractivity contribution in [2.45, 2.75) is 18.1 Å². The molecule has 0 bridgehead atoms. The Morgan fingerprint density at radius 2 is 1.79 bits per heavy atom. The van der Waals surface area contributed by atoms with Crippen LogP contribution in [0, 0.1) is 0 Å². The van der Waals surface area contributed by atoms with Gasteiger partial charge in [-0.15, -0.1) is 5.10 Å². The van der Waals surface area contributed by atoms with Crippen molar-refractivity contribution in [3.63, 3.8) is 0 Å². The first-order valence-corrected chi connectivity index (χ1v) is 11.4. The molecule has 0 spiro atoms. The lowest BCUT2D eigenvalue weighted by molar-refractivity contribution is -0.113. The molecule has 172 valence electrons. The van der Waals surface area contributed by atoms with Crippen LogP contribution in [0.15, 0.2) is 58.9 Å². The number of aromatic nitrogens is 3. The summed E-state index contributed by atoms with van der Waals surface area (Å²) in [5, 5.41) is 11.4. The molecule has 1 aromatic heterocycles. The monoisotopic (exact) mass is 467 g/mol. The minimum Gasteiger partial charge on any atom is -0.497 e. The normalized spacial score (nSPS) is 14.9. The van der Waals surface area contributed by atoms with E-state index >= 15 is 0 Å². The molecule has 2 aromatic carbocycles. The second-order valence-corrected chi connectivity index (χ2v) is 8.00. The Hall–Kier alpha value is -3.66. The molecule has 9 nitrogen and oxygen atoms in total. The highest BCUT2D eigenvalue weighted by Crippen LogP contribution is 2.39. The summed E-state index contributed by atoms with van der Waals surface area (Å²) in [4.78, 5) is 18.1. The standard InChI is InChI=1S/C23H25N5O4S/c1-13-19(21(29)25-15-7-9-16(30-2)10-8-15)20(28-22(24-13)26-23(27-28)33-5)14-6-11-17(31-3)18(12-14)32-4/h6-12,20H,1-5H3,(H,25,29)(H,24,26,27). The highest BCUT2D eigenvalue weighted by Gasteiger charge is 2.34. The summed E-state index contributed by atoms with van der Waals surface area (Å²) in [6, 6.07) is 12.2. The van der Waals surface area contributed by atoms with Gasteiger partial charge < -0.3 is 24.8 Å². The molecule has 0 aliphatic carbocycles. The molecular weight excluding hydrogens is 442 g/mol. The summed E-state index contributed by atoms with van der Waals surface area (Å²) in [7, 11) is 4.76. The van der Waals surface area contributed by atoms with Gasteiger partial charge in [0.25, 0.3) is 5.91 Å². The number of methoxy groups -OCH3 is 3. The molecule has 4 rings (SSSR count). The second kappa shape index (κ2) is 9.45. The summed E-state index contributed by atoms with van der Waals surface area (Å²) in [5.74, 6) is 2.19. The average molecular weight is 468 g/mol. The number of thioether (sulfide) groups is 1. The van der Waals surface area contributed by atoms with Gasteiger partial charge in [0.2, 0.25) is 11.1 Å². The number of fused-ring (bicyclic) bond motifs is 1. The molecule has 1 atom stereocenters. The fourth-order valence-electron chi connectivity index (χ4n) is 3.72. The van der Waals surface area contributed by atoms with Crippen LogP contribution in [0.1, 0.15) is 18.5 Å². The lowest BCUT2D eigenvalue weighted by Crippen LogP contribution is -2.31. The molecular formula is C23H25N5O4S. The van der Waals surface area contributed by atoms with E-state index < -0.39 is 6.04 Å². The topological polar surface area (TPSA) is 99.5 Å². The third-order valence-corrected chi connectivity index (χ3v) is 5.87. The van der Waals surface area contributed by atoms with Crippen molar-refractivity contribution in [2.24, 2.45) is 0 Å². The molecule has 0 saturated heterocycles. The molecule has 1 aliphatic heterocycles. The van der Waals surface area contributed by atoms with Crippen LogP contribution in [0.4, 0.5) is 11.6 Å². The Labute approximate surface area is 196 Å². The van der Waals surface area contributed by atoms with Crippen LogP contribution in [-0.4, -0.2) is 48.3 Å². The average Bonchev–Trinajstić information content (AvgIpc) is 3.25. The number of allylic oxidation sites excluding steroid dienone is 1. The van der Waals surface area contributed by atoms with E-state index in [0.717, 1.165) is 5.56 Å². The second-order valence-electron chi connectivity index (χ2n) is 7.23. The minimum atomic E-state index is -0.521. The third-order valence-electron chi connectivity index (χ3n) is 5.33. The molecule has 0 radical (unpaired) electrons. The molecule has 0 fully saturated rings. The van der Waals surface area contributed by atoms with E-state index in [4.69, 9.17) is 14.2 Å². The van der Waals surface area contributed by atoms with Gasteiger partial charge in [-0.2, -0.15) is 4.98 Å². The Morgan fingerprint density at radius 1 is 1.06 bits per heavy atom. The Kier molecular flexibility index (Phi) is 6.45. The maximum absolute atomic E-state index is 13.5. The lowest BCUT2D eigenvalue weighted by atomic mass is 9.94. The molecule has 3 aromatic rings. The van der Waals surface area contributed by atoms with Gasteiger partial charge in [-0.1, -0.05) is 17.8 Å². The summed E-state index contributed by atoms with van der Waals surface area (Å²) in [6.07, 6.45) is 1.91. The van der Waals surface area contributed by atoms with Crippen LogP contribution in [0.25, 0.3) is 0 Å². The molecule has 1 unspecified atom stereocenters. The van der Waals surface area contributed by atoms with E-state index in [0.29, 0.717) is 45.3 Å². The Morgan fingerprint density at radius 3 is 2.42 bits per heavy atom. The first-order valence-electron chi connectivity index (χ1n) is 10.1. The van der Waals surface area contributed by atoms with Crippen molar-refractivity contribution in [2.75, 3.05) is 38.2 Å². The number of nitrogens with one attached hydrogen (secondary N) is 2. The van der Waals surface area contributed by atoms with Crippen molar-refractivity contribution < 1.29 is 19.0 Å². The minimum absolute atomic E-state index is 0.253. The van der Waals surface area contributed by atoms with Gasteiger partial charge in [0.1, 0.15) is 11.8 Å². The number of ether oxygens (including phenoxy) is 3. The Balaban J connectivity index is 1.78. The number of anilines is 2. The van der Waals surface area contributed by atoms with Gasteiger partial charge in [-0.25, -0.2) is 4.68 Å². The van der Waals surface area contributed by atoms with Crippen molar-refractivity contribution in [3.8, 4) is 17.2 Å². The number of carbonyl (C=O) groups excluding carboxylic acids is 1. The lowest BCUT2D eigenvalue weighted by Gasteiger charge is -2.29. The van der Waals surface area contributed by atoms with Crippen LogP contribution in [-0.2, 0) is 4.79 Å². The molecule has 2 N–H and O–H groups in total. The van der Waals surface area contributed by atoms with E-state index in [1.165, 1.54) is 11.8 Å². The third kappa shape index (κ3) is 4.34. The Bertz CT molecular complexity index is 1210. The van der Waals surface area contributed by atoms with Crippen molar-refractivity contribution >= 4 is 29.3 Å². The predicted octanol–water partition coefficient (Wildman–Crippen LogP) is 3.95. The number of carbonyl (C=O) groups is 1. The molecule has 0 saturated carbocycles. The van der Waals surface area contributed by atoms with Crippen LogP contribution in [0.2, 0.25) is 0 Å². The van der Waals surface area contributed by atoms with Crippen LogP contribution in [0.3, 0.4) is 0 Å². The van der Waals surface area contributed by atoms with Crippen LogP contribution >= 0.6 is 11.8 Å². The van der Waals surface area contributed by atoms with Gasteiger partial charge in [0, 0.05) is 11.4 Å². The summed E-state index contributed by atoms with van der Waals surface area (Å²) in [6.45, 7) is 1.85. The fraction of sp³-hybridized carbons (Fsp3) is 0.261. The van der Waals surface area contributed by atoms with Crippen LogP contribution < -0.4 is 24.8 Å². The van der Waals surface area contributed by atoms with Crippen molar-refractivity contribution in [1.29, 1.82) is 0 Å². The van der Waals surface area contributed by atoms with Gasteiger partial charge in [-0.05, 0) is 55.1 Å². The fourth-order valence-corrected chi connectivity index (χ4v) is 4.06. The number of rotatable bonds is 7. The number of hydrogen-bond acceptors (Lipinski definition) is 8. The quantitative estimate of drug-likeness (QED) is 0.504. The largest absolute Gasteiger partial charge is 0.497 e. The van der Waals surface area contributed by atoms with E-state index in [-0.39, 0.29) is 5.91 Å². The number of amides is 1. The van der Waals surface area contributed by atoms with Gasteiger partial charge >= 0.3 is 0 Å². The summed E-state index contributed by atoms with van der Waals surface area (Å²) >= 11 is 1.43. The van der Waals surface area contributed by atoms with E-state index in [1.807, 2.05) is 31.4 Å². The number of benzene rings is 2. The smallest absolute Gasteiger partial charge is 0.255 e. The zero-order valence-electron chi connectivity index (χ0n) is 19.0. The maximum atomic E-state index is 13.5.